The fourth-order valence-electron chi connectivity index (χ4n) is 2.50. The molecular weight excluding hydrogens is 236 g/mol. The van der Waals surface area contributed by atoms with E-state index in [0.29, 0.717) is 12.0 Å². The van der Waals surface area contributed by atoms with Gasteiger partial charge in [-0.05, 0) is 39.8 Å². The van der Waals surface area contributed by atoms with Crippen LogP contribution in [-0.2, 0) is 0 Å². The molecule has 2 heterocycles. The van der Waals surface area contributed by atoms with Crippen LogP contribution in [0.4, 0.5) is 5.82 Å². The van der Waals surface area contributed by atoms with Gasteiger partial charge in [0.25, 0.3) is 0 Å². The van der Waals surface area contributed by atoms with E-state index in [1.165, 1.54) is 25.9 Å². The molecule has 1 N–H and O–H groups in total. The van der Waals surface area contributed by atoms with E-state index in [4.69, 9.17) is 0 Å². The number of hydrogen-bond donors (Lipinski definition) is 1. The van der Waals surface area contributed by atoms with Crippen LogP contribution in [-0.4, -0.2) is 40.5 Å². The van der Waals surface area contributed by atoms with Crippen molar-refractivity contribution in [1.29, 1.82) is 0 Å². The summed E-state index contributed by atoms with van der Waals surface area (Å²) >= 11 is 0. The van der Waals surface area contributed by atoms with Crippen molar-refractivity contribution < 1.29 is 0 Å². The predicted octanol–water partition coefficient (Wildman–Crippen LogP) is 2.80. The highest BCUT2D eigenvalue weighted by molar-refractivity contribution is 5.36. The first-order valence-corrected chi connectivity index (χ1v) is 7.39. The number of aryl methyl sites for hydroxylation is 1. The fraction of sp³-hybridized carbons (Fsp3) is 0.733. The van der Waals surface area contributed by atoms with Gasteiger partial charge in [0.2, 0.25) is 0 Å². The van der Waals surface area contributed by atoms with E-state index >= 15 is 0 Å². The quantitative estimate of drug-likeness (QED) is 0.886. The summed E-state index contributed by atoms with van der Waals surface area (Å²) in [6.45, 7) is 12.0. The fourth-order valence-corrected chi connectivity index (χ4v) is 2.50. The minimum Gasteiger partial charge on any atom is -0.368 e. The molecule has 1 fully saturated rings. The third-order valence-corrected chi connectivity index (χ3v) is 3.73. The Morgan fingerprint density at radius 3 is 2.53 bits per heavy atom. The Kier molecular flexibility index (Phi) is 4.75. The first-order valence-electron chi connectivity index (χ1n) is 7.39. The van der Waals surface area contributed by atoms with Gasteiger partial charge in [0.05, 0.1) is 0 Å². The minimum absolute atomic E-state index is 0.372. The first kappa shape index (κ1) is 14.3. The van der Waals surface area contributed by atoms with Crippen LogP contribution < -0.4 is 5.32 Å². The molecule has 1 aromatic rings. The number of hydrogen-bond acceptors (Lipinski definition) is 4. The van der Waals surface area contributed by atoms with Gasteiger partial charge >= 0.3 is 0 Å². The predicted molar refractivity (Wildman–Crippen MR) is 79.6 cm³/mol. The summed E-state index contributed by atoms with van der Waals surface area (Å²) in [6, 6.07) is 2.60. The zero-order chi connectivity index (χ0) is 13.8. The highest BCUT2D eigenvalue weighted by Crippen LogP contribution is 2.15. The molecule has 1 aliphatic rings. The van der Waals surface area contributed by atoms with E-state index in [9.17, 15) is 0 Å². The second-order valence-corrected chi connectivity index (χ2v) is 5.88. The molecule has 1 saturated heterocycles. The van der Waals surface area contributed by atoms with E-state index in [-0.39, 0.29) is 0 Å². The molecule has 0 aliphatic carbocycles. The van der Waals surface area contributed by atoms with Crippen molar-refractivity contribution in [2.24, 2.45) is 0 Å². The van der Waals surface area contributed by atoms with Gasteiger partial charge < -0.3 is 5.32 Å². The molecule has 0 bridgehead atoms. The third kappa shape index (κ3) is 3.90. The van der Waals surface area contributed by atoms with Gasteiger partial charge in [-0.2, -0.15) is 0 Å². The summed E-state index contributed by atoms with van der Waals surface area (Å²) in [6.07, 6.45) is 2.68. The number of nitrogens with one attached hydrogen (secondary N) is 1. The van der Waals surface area contributed by atoms with E-state index in [1.54, 1.807) is 0 Å². The average Bonchev–Trinajstić information content (AvgIpc) is 2.89. The zero-order valence-electron chi connectivity index (χ0n) is 12.6. The van der Waals surface area contributed by atoms with Crippen LogP contribution in [0.15, 0.2) is 6.07 Å². The summed E-state index contributed by atoms with van der Waals surface area (Å²) in [4.78, 5) is 11.6. The Morgan fingerprint density at radius 1 is 1.21 bits per heavy atom. The van der Waals surface area contributed by atoms with Crippen LogP contribution in [0.5, 0.6) is 0 Å². The van der Waals surface area contributed by atoms with Crippen LogP contribution in [0.1, 0.15) is 51.0 Å². The number of nitrogens with zero attached hydrogens (tertiary/aromatic N) is 3. The van der Waals surface area contributed by atoms with Gasteiger partial charge in [-0.1, -0.05) is 13.8 Å². The molecule has 0 aromatic carbocycles. The lowest BCUT2D eigenvalue weighted by molar-refractivity contribution is 0.269. The number of rotatable bonds is 5. The maximum Gasteiger partial charge on any atom is 0.133 e. The van der Waals surface area contributed by atoms with Crippen molar-refractivity contribution in [3.05, 3.63) is 17.6 Å². The Balaban J connectivity index is 1.94. The van der Waals surface area contributed by atoms with Crippen LogP contribution >= 0.6 is 0 Å². The molecule has 2 rings (SSSR count). The van der Waals surface area contributed by atoms with Crippen molar-refractivity contribution in [2.45, 2.75) is 52.5 Å². The molecule has 0 amide bonds. The molecule has 106 valence electrons. The normalized spacial score (nSPS) is 17.9. The smallest absolute Gasteiger partial charge is 0.133 e. The highest BCUT2D eigenvalue weighted by Gasteiger charge is 2.17. The molecule has 0 saturated carbocycles. The summed E-state index contributed by atoms with van der Waals surface area (Å²) in [7, 11) is 0. The maximum atomic E-state index is 4.59. The molecular formula is C15H26N4. The lowest BCUT2D eigenvalue weighted by Gasteiger charge is -2.24. The van der Waals surface area contributed by atoms with Crippen LogP contribution in [0, 0.1) is 6.92 Å². The molecule has 0 spiro atoms. The third-order valence-electron chi connectivity index (χ3n) is 3.73. The molecule has 1 atom stereocenters. The Bertz CT molecular complexity index is 411. The second kappa shape index (κ2) is 6.33. The van der Waals surface area contributed by atoms with Gasteiger partial charge in [0.1, 0.15) is 11.6 Å². The van der Waals surface area contributed by atoms with Crippen LogP contribution in [0.3, 0.4) is 0 Å². The first-order chi connectivity index (χ1) is 9.06. The second-order valence-electron chi connectivity index (χ2n) is 5.88. The zero-order valence-corrected chi connectivity index (χ0v) is 12.6. The van der Waals surface area contributed by atoms with Gasteiger partial charge in [-0.3, -0.25) is 4.90 Å². The van der Waals surface area contributed by atoms with E-state index in [2.05, 4.69) is 41.0 Å². The molecule has 1 aromatic heterocycles. The van der Waals surface area contributed by atoms with Crippen molar-refractivity contribution in [2.75, 3.05) is 25.0 Å². The Hall–Kier alpha value is -1.16. The van der Waals surface area contributed by atoms with E-state index in [0.717, 1.165) is 23.9 Å². The summed E-state index contributed by atoms with van der Waals surface area (Å²) in [5.74, 6) is 2.26. The van der Waals surface area contributed by atoms with Crippen molar-refractivity contribution in [3.8, 4) is 0 Å². The standard InChI is InChI=1S/C15H26N4/c1-11(2)15-17-12(3)9-14(18-15)16-10-13(4)19-7-5-6-8-19/h9,11,13H,5-8,10H2,1-4H3,(H,16,17,18). The monoisotopic (exact) mass is 262 g/mol. The molecule has 1 aliphatic heterocycles. The molecule has 1 unspecified atom stereocenters. The van der Waals surface area contributed by atoms with Gasteiger partial charge in [-0.25, -0.2) is 9.97 Å². The van der Waals surface area contributed by atoms with Crippen LogP contribution in [0.2, 0.25) is 0 Å². The van der Waals surface area contributed by atoms with Crippen molar-refractivity contribution in [3.63, 3.8) is 0 Å². The SMILES string of the molecule is Cc1cc(NCC(C)N2CCCC2)nc(C(C)C)n1. The average molecular weight is 262 g/mol. The largest absolute Gasteiger partial charge is 0.368 e. The van der Waals surface area contributed by atoms with Crippen LogP contribution in [0.25, 0.3) is 0 Å². The molecule has 0 radical (unpaired) electrons. The van der Waals surface area contributed by atoms with Crippen molar-refractivity contribution in [1.82, 2.24) is 14.9 Å². The number of aromatic nitrogens is 2. The van der Waals surface area contributed by atoms with E-state index < -0.39 is 0 Å². The summed E-state index contributed by atoms with van der Waals surface area (Å²) < 4.78 is 0. The number of likely N-dealkylation sites (tertiary alicyclic amines) is 1. The molecule has 19 heavy (non-hydrogen) atoms. The summed E-state index contributed by atoms with van der Waals surface area (Å²) in [5.41, 5.74) is 1.04. The highest BCUT2D eigenvalue weighted by atomic mass is 15.2. The topological polar surface area (TPSA) is 41.0 Å². The van der Waals surface area contributed by atoms with Gasteiger partial charge in [0.15, 0.2) is 0 Å². The van der Waals surface area contributed by atoms with Gasteiger partial charge in [0, 0.05) is 30.3 Å². The number of anilines is 1. The maximum absolute atomic E-state index is 4.59. The minimum atomic E-state index is 0.372. The summed E-state index contributed by atoms with van der Waals surface area (Å²) in [5, 5.41) is 3.46. The lowest BCUT2D eigenvalue weighted by atomic mass is 10.2. The Labute approximate surface area is 116 Å². The molecule has 4 heteroatoms. The lowest BCUT2D eigenvalue weighted by Crippen LogP contribution is -2.35. The van der Waals surface area contributed by atoms with Crippen molar-refractivity contribution >= 4 is 5.82 Å². The molecule has 4 nitrogen and oxygen atoms in total. The Morgan fingerprint density at radius 2 is 1.89 bits per heavy atom. The van der Waals surface area contributed by atoms with Gasteiger partial charge in [-0.15, -0.1) is 0 Å². The van der Waals surface area contributed by atoms with E-state index in [1.807, 2.05) is 13.0 Å².